The normalized spacial score (nSPS) is 27.8. The topological polar surface area (TPSA) is 86.8 Å². The van der Waals surface area contributed by atoms with Crippen LogP contribution in [0.15, 0.2) is 48.5 Å². The summed E-state index contributed by atoms with van der Waals surface area (Å²) in [6.07, 6.45) is 12.1. The molecule has 2 aromatic carbocycles. The number of carbonyl (C=O) groups excluding carboxylic acids is 2. The Balaban J connectivity index is 1.18. The average Bonchev–Trinajstić information content (AvgIpc) is 2.91. The van der Waals surface area contributed by atoms with Gasteiger partial charge in [-0.2, -0.15) is 0 Å². The van der Waals surface area contributed by atoms with Gasteiger partial charge in [0.25, 0.3) is 5.91 Å². The third-order valence-electron chi connectivity index (χ3n) is 9.57. The number of anilines is 2. The molecule has 7 rings (SSSR count). The fourth-order valence-electron chi connectivity index (χ4n) is 8.21. The molecule has 1 saturated heterocycles. The minimum Gasteiger partial charge on any atom is -0.339 e. The number of nitrogens with one attached hydrogen (secondary N) is 1. The molecule has 1 N–H and O–H groups in total. The van der Waals surface area contributed by atoms with E-state index < -0.39 is 15.9 Å². The first-order valence-electron chi connectivity index (χ1n) is 14.5. The number of hydrogen-bond acceptors (Lipinski definition) is 4. The summed E-state index contributed by atoms with van der Waals surface area (Å²) in [5.74, 6) is 1.90. The van der Waals surface area contributed by atoms with Gasteiger partial charge in [-0.05, 0) is 111 Å². The maximum Gasteiger partial charge on any atom is 0.255 e. The maximum absolute atomic E-state index is 13.1. The molecule has 0 spiro atoms. The van der Waals surface area contributed by atoms with Gasteiger partial charge in [0, 0.05) is 13.1 Å². The van der Waals surface area contributed by atoms with Crippen LogP contribution in [0.1, 0.15) is 73.7 Å². The zero-order valence-corrected chi connectivity index (χ0v) is 23.6. The van der Waals surface area contributed by atoms with Gasteiger partial charge in [-0.1, -0.05) is 24.3 Å². The van der Waals surface area contributed by atoms with Crippen LogP contribution in [-0.4, -0.2) is 51.0 Å². The molecule has 39 heavy (non-hydrogen) atoms. The summed E-state index contributed by atoms with van der Waals surface area (Å²) in [4.78, 5) is 28.1. The summed E-state index contributed by atoms with van der Waals surface area (Å²) in [5, 5.41) is 2.81. The number of rotatable bonds is 7. The van der Waals surface area contributed by atoms with Crippen molar-refractivity contribution in [2.24, 2.45) is 17.8 Å². The van der Waals surface area contributed by atoms with Crippen LogP contribution in [-0.2, 0) is 20.2 Å². The molecule has 4 bridgehead atoms. The summed E-state index contributed by atoms with van der Waals surface area (Å²) < 4.78 is 26.7. The van der Waals surface area contributed by atoms with Gasteiger partial charge < -0.3 is 10.2 Å². The highest BCUT2D eigenvalue weighted by Gasteiger charge is 2.51. The van der Waals surface area contributed by atoms with Crippen molar-refractivity contribution in [3.05, 3.63) is 59.7 Å². The minimum atomic E-state index is -3.71. The van der Waals surface area contributed by atoms with Crippen molar-refractivity contribution in [1.82, 2.24) is 4.90 Å². The number of benzene rings is 2. The lowest BCUT2D eigenvalue weighted by atomic mass is 9.48. The lowest BCUT2D eigenvalue weighted by molar-refractivity contribution is -0.114. The van der Waals surface area contributed by atoms with E-state index in [9.17, 15) is 18.0 Å². The number of piperidine rings is 1. The van der Waals surface area contributed by atoms with E-state index in [0.29, 0.717) is 30.0 Å². The van der Waals surface area contributed by atoms with Crippen LogP contribution in [0.2, 0.25) is 0 Å². The number of nitrogens with zero attached hydrogens (tertiary/aromatic N) is 2. The van der Waals surface area contributed by atoms with Crippen molar-refractivity contribution in [2.75, 3.05) is 35.5 Å². The molecule has 2 aromatic rings. The summed E-state index contributed by atoms with van der Waals surface area (Å²) in [7, 11) is -3.71. The molecule has 0 atom stereocenters. The van der Waals surface area contributed by atoms with Crippen molar-refractivity contribution in [2.45, 2.75) is 63.2 Å². The van der Waals surface area contributed by atoms with Gasteiger partial charge in [0.1, 0.15) is 6.54 Å². The van der Waals surface area contributed by atoms with Gasteiger partial charge in [0.15, 0.2) is 0 Å². The fraction of sp³-hybridized carbons (Fsp3) is 0.548. The molecule has 8 heteroatoms. The van der Waals surface area contributed by atoms with E-state index in [-0.39, 0.29) is 17.9 Å². The third kappa shape index (κ3) is 5.32. The van der Waals surface area contributed by atoms with Gasteiger partial charge in [-0.15, -0.1) is 0 Å². The molecule has 0 aromatic heterocycles. The van der Waals surface area contributed by atoms with Crippen molar-refractivity contribution in [3.63, 3.8) is 0 Å². The highest BCUT2D eigenvalue weighted by atomic mass is 32.2. The number of sulfonamides is 1. The molecule has 5 fully saturated rings. The van der Waals surface area contributed by atoms with Crippen molar-refractivity contribution >= 4 is 33.2 Å². The van der Waals surface area contributed by atoms with Gasteiger partial charge >= 0.3 is 0 Å². The highest BCUT2D eigenvalue weighted by Crippen LogP contribution is 2.60. The van der Waals surface area contributed by atoms with Crippen molar-refractivity contribution in [3.8, 4) is 0 Å². The first kappa shape index (κ1) is 26.4. The summed E-state index contributed by atoms with van der Waals surface area (Å²) >= 11 is 0. The second-order valence-corrected chi connectivity index (χ2v) is 14.4. The molecule has 1 aliphatic heterocycles. The smallest absolute Gasteiger partial charge is 0.255 e. The number of hydrogen-bond donors (Lipinski definition) is 1. The fourth-order valence-corrected chi connectivity index (χ4v) is 9.07. The van der Waals surface area contributed by atoms with E-state index in [0.717, 1.165) is 47.6 Å². The summed E-state index contributed by atoms with van der Waals surface area (Å²) in [6, 6.07) is 14.8. The first-order chi connectivity index (χ1) is 18.7. The maximum atomic E-state index is 13.1. The molecule has 1 heterocycles. The Hall–Kier alpha value is -2.87. The average molecular weight is 550 g/mol. The predicted molar refractivity (Wildman–Crippen MR) is 153 cm³/mol. The van der Waals surface area contributed by atoms with Gasteiger partial charge in [0.05, 0.1) is 23.2 Å². The van der Waals surface area contributed by atoms with E-state index in [1.807, 2.05) is 17.0 Å². The van der Waals surface area contributed by atoms with Crippen LogP contribution in [0.3, 0.4) is 0 Å². The lowest BCUT2D eigenvalue weighted by Crippen LogP contribution is -2.48. The molecule has 0 radical (unpaired) electrons. The molecule has 0 unspecified atom stereocenters. The largest absolute Gasteiger partial charge is 0.339 e. The number of amides is 2. The Labute approximate surface area is 232 Å². The Bertz CT molecular complexity index is 1310. The first-order valence-corrected chi connectivity index (χ1v) is 16.3. The van der Waals surface area contributed by atoms with Gasteiger partial charge in [-0.3, -0.25) is 13.9 Å². The molecule has 2 amide bonds. The molecule has 208 valence electrons. The monoisotopic (exact) mass is 549 g/mol. The van der Waals surface area contributed by atoms with E-state index in [4.69, 9.17) is 0 Å². The molecule has 5 aliphatic rings. The van der Waals surface area contributed by atoms with Gasteiger partial charge in [-0.25, -0.2) is 8.42 Å². The van der Waals surface area contributed by atoms with E-state index in [1.165, 1.54) is 44.1 Å². The lowest BCUT2D eigenvalue weighted by Gasteiger charge is -2.57. The zero-order valence-electron chi connectivity index (χ0n) is 22.8. The number of para-hydroxylation sites is 1. The van der Waals surface area contributed by atoms with Crippen LogP contribution >= 0.6 is 0 Å². The third-order valence-corrected chi connectivity index (χ3v) is 10.7. The molecular formula is C31H39N3O4S. The van der Waals surface area contributed by atoms with Crippen LogP contribution < -0.4 is 9.62 Å². The second kappa shape index (κ2) is 10.3. The highest BCUT2D eigenvalue weighted by molar-refractivity contribution is 7.92. The van der Waals surface area contributed by atoms with Crippen LogP contribution in [0.25, 0.3) is 0 Å². The van der Waals surface area contributed by atoms with E-state index in [1.54, 1.807) is 24.3 Å². The van der Waals surface area contributed by atoms with Crippen LogP contribution in [0, 0.1) is 17.8 Å². The molecule has 7 nitrogen and oxygen atoms in total. The number of carbonyl (C=O) groups is 2. The van der Waals surface area contributed by atoms with E-state index in [2.05, 4.69) is 17.4 Å². The standard InChI is InChI=1S/C31H39N3O4S/c1-39(37,38)34(21-29(35)32-28-8-4-3-7-27(28)30(36)33-13-5-2-6-14-33)26-11-9-25(10-12-26)31-18-22-15-23(19-31)17-24(16-22)20-31/h3-4,7-12,22-24H,2,5-6,13-21H2,1H3,(H,32,35). The van der Waals surface area contributed by atoms with E-state index >= 15 is 0 Å². The van der Waals surface area contributed by atoms with Gasteiger partial charge in [0.2, 0.25) is 15.9 Å². The Morgan fingerprint density at radius 1 is 0.897 bits per heavy atom. The zero-order chi connectivity index (χ0) is 27.2. The SMILES string of the molecule is CS(=O)(=O)N(CC(=O)Nc1ccccc1C(=O)N1CCCCC1)c1ccc(C23CC4CC(CC(C4)C2)C3)cc1. The molecule has 4 saturated carbocycles. The van der Waals surface area contributed by atoms with Crippen molar-refractivity contribution < 1.29 is 18.0 Å². The molecular weight excluding hydrogens is 510 g/mol. The van der Waals surface area contributed by atoms with Crippen LogP contribution in [0.4, 0.5) is 11.4 Å². The van der Waals surface area contributed by atoms with Crippen molar-refractivity contribution in [1.29, 1.82) is 0 Å². The molecule has 4 aliphatic carbocycles. The summed E-state index contributed by atoms with van der Waals surface area (Å²) in [5.41, 5.74) is 2.86. The Morgan fingerprint density at radius 2 is 1.49 bits per heavy atom. The number of likely N-dealkylation sites (tertiary alicyclic amines) is 1. The Kier molecular flexibility index (Phi) is 6.94. The van der Waals surface area contributed by atoms with Crippen LogP contribution in [0.5, 0.6) is 0 Å². The second-order valence-electron chi connectivity index (χ2n) is 12.5. The Morgan fingerprint density at radius 3 is 2.08 bits per heavy atom. The minimum absolute atomic E-state index is 0.106. The summed E-state index contributed by atoms with van der Waals surface area (Å²) in [6.45, 7) is 1.06. The predicted octanol–water partition coefficient (Wildman–Crippen LogP) is 5.19. The quantitative estimate of drug-likeness (QED) is 0.515.